The smallest absolute Gasteiger partial charge is 0.254 e. The number of benzene rings is 1. The third-order valence-corrected chi connectivity index (χ3v) is 6.87. The molecule has 0 spiro atoms. The Morgan fingerprint density at radius 3 is 2.47 bits per heavy atom. The van der Waals surface area contributed by atoms with E-state index in [2.05, 4.69) is 23.2 Å². The van der Waals surface area contributed by atoms with Crippen LogP contribution in [0.15, 0.2) is 29.4 Å². The number of amides is 2. The zero-order chi connectivity index (χ0) is 21.0. The van der Waals surface area contributed by atoms with Crippen LogP contribution in [0.3, 0.4) is 0 Å². The van der Waals surface area contributed by atoms with Crippen molar-refractivity contribution in [3.8, 4) is 23.8 Å². The molecule has 6 unspecified atom stereocenters. The Hall–Kier alpha value is -2.78. The molecule has 7 heteroatoms. The lowest BCUT2D eigenvalue weighted by Crippen LogP contribution is -2.40. The average Bonchev–Trinajstić information content (AvgIpc) is 3.51. The third-order valence-electron chi connectivity index (χ3n) is 6.59. The van der Waals surface area contributed by atoms with Gasteiger partial charge in [-0.1, -0.05) is 29.7 Å². The van der Waals surface area contributed by atoms with Crippen LogP contribution in [0.4, 0.5) is 0 Å². The van der Waals surface area contributed by atoms with Gasteiger partial charge in [0, 0.05) is 0 Å². The molecular weight excluding hydrogens is 404 g/mol. The van der Waals surface area contributed by atoms with Crippen molar-refractivity contribution in [1.82, 2.24) is 5.01 Å². The number of carbonyl (C=O) groups is 2. The van der Waals surface area contributed by atoms with Crippen LogP contribution >= 0.6 is 11.6 Å². The van der Waals surface area contributed by atoms with E-state index in [4.69, 9.17) is 27.5 Å². The lowest BCUT2D eigenvalue weighted by Gasteiger charge is -2.37. The van der Waals surface area contributed by atoms with Crippen LogP contribution in [-0.4, -0.2) is 36.3 Å². The van der Waals surface area contributed by atoms with Crippen molar-refractivity contribution in [1.29, 1.82) is 0 Å². The van der Waals surface area contributed by atoms with Crippen LogP contribution in [0.1, 0.15) is 18.9 Å². The van der Waals surface area contributed by atoms with Gasteiger partial charge in [0.1, 0.15) is 6.61 Å². The molecule has 5 aliphatic rings. The molecule has 30 heavy (non-hydrogen) atoms. The van der Waals surface area contributed by atoms with Gasteiger partial charge in [-0.05, 0) is 54.7 Å². The van der Waals surface area contributed by atoms with Gasteiger partial charge < -0.3 is 9.47 Å². The quantitative estimate of drug-likeness (QED) is 0.304. The number of imide groups is 1. The second-order valence-corrected chi connectivity index (χ2v) is 8.55. The largest absolute Gasteiger partial charge is 0.490 e. The molecule has 1 aromatic rings. The van der Waals surface area contributed by atoms with E-state index < -0.39 is 0 Å². The van der Waals surface area contributed by atoms with Gasteiger partial charge in [-0.3, -0.25) is 9.59 Å². The predicted octanol–water partition coefficient (Wildman–Crippen LogP) is 3.14. The minimum Gasteiger partial charge on any atom is -0.490 e. The summed E-state index contributed by atoms with van der Waals surface area (Å²) < 4.78 is 11.1. The molecule has 6 rings (SSSR count). The summed E-state index contributed by atoms with van der Waals surface area (Å²) in [4.78, 5) is 26.0. The molecular formula is C23H21ClN2O4. The van der Waals surface area contributed by atoms with E-state index in [1.54, 1.807) is 12.1 Å². The van der Waals surface area contributed by atoms with Crippen molar-refractivity contribution < 1.29 is 19.1 Å². The summed E-state index contributed by atoms with van der Waals surface area (Å²) in [6.45, 7) is 2.31. The van der Waals surface area contributed by atoms with E-state index in [1.807, 2.05) is 6.92 Å². The molecule has 4 aliphatic carbocycles. The monoisotopic (exact) mass is 424 g/mol. The summed E-state index contributed by atoms with van der Waals surface area (Å²) in [5.74, 6) is 3.71. The Morgan fingerprint density at radius 1 is 1.20 bits per heavy atom. The average molecular weight is 425 g/mol. The Bertz CT molecular complexity index is 991. The van der Waals surface area contributed by atoms with Crippen molar-refractivity contribution >= 4 is 29.6 Å². The molecule has 2 amide bonds. The first kappa shape index (κ1) is 19.2. The molecule has 154 valence electrons. The summed E-state index contributed by atoms with van der Waals surface area (Å²) in [6, 6.07) is 3.33. The highest BCUT2D eigenvalue weighted by atomic mass is 35.5. The van der Waals surface area contributed by atoms with Gasteiger partial charge in [0.05, 0.1) is 29.7 Å². The van der Waals surface area contributed by atoms with Crippen LogP contribution in [0, 0.1) is 47.9 Å². The number of carbonyl (C=O) groups excluding carboxylic acids is 2. The minimum atomic E-state index is -0.268. The van der Waals surface area contributed by atoms with E-state index in [0.29, 0.717) is 40.5 Å². The van der Waals surface area contributed by atoms with Crippen molar-refractivity contribution in [2.75, 3.05) is 13.2 Å². The Kier molecular flexibility index (Phi) is 4.59. The molecule has 3 fully saturated rings. The van der Waals surface area contributed by atoms with Gasteiger partial charge >= 0.3 is 0 Å². The third kappa shape index (κ3) is 2.84. The first-order chi connectivity index (χ1) is 14.5. The predicted molar refractivity (Wildman–Crippen MR) is 111 cm³/mol. The molecule has 6 atom stereocenters. The van der Waals surface area contributed by atoms with E-state index in [9.17, 15) is 9.59 Å². The molecule has 0 radical (unpaired) electrons. The van der Waals surface area contributed by atoms with Gasteiger partial charge in [0.2, 0.25) is 0 Å². The van der Waals surface area contributed by atoms with Gasteiger partial charge in [0.25, 0.3) is 11.8 Å². The number of allylic oxidation sites excluding steroid dienone is 2. The van der Waals surface area contributed by atoms with E-state index in [-0.39, 0.29) is 42.1 Å². The standard InChI is InChI=1S/C23H21ClN2O4/c1-3-7-30-21-17(24)8-12(9-18(21)29-4-2)11-25-26-22(27)19-13-5-6-14(16-10-15(13)16)20(19)23(26)28/h1,5-6,8-9,11,13-16,19-20H,4,7,10H2,2H3/b25-11+. The fourth-order valence-electron chi connectivity index (χ4n) is 5.36. The Balaban J connectivity index is 1.40. The summed E-state index contributed by atoms with van der Waals surface area (Å²) >= 11 is 6.33. The normalized spacial score (nSPS) is 32.9. The van der Waals surface area contributed by atoms with Gasteiger partial charge in [-0.15, -0.1) is 6.42 Å². The fraction of sp³-hybridized carbons (Fsp3) is 0.435. The van der Waals surface area contributed by atoms with Crippen LogP contribution in [-0.2, 0) is 9.59 Å². The van der Waals surface area contributed by atoms with Crippen LogP contribution in [0.25, 0.3) is 0 Å². The molecule has 1 saturated heterocycles. The van der Waals surface area contributed by atoms with Crippen molar-refractivity contribution in [3.05, 3.63) is 34.9 Å². The van der Waals surface area contributed by atoms with Crippen LogP contribution < -0.4 is 9.47 Å². The first-order valence-electron chi connectivity index (χ1n) is 10.2. The SMILES string of the molecule is C#CCOc1c(Cl)cc(/C=N/N2C(=O)C3C4C=CC(C5CC45)C3C2=O)cc1OCC. The summed E-state index contributed by atoms with van der Waals surface area (Å²) in [5, 5.41) is 5.60. The fourth-order valence-corrected chi connectivity index (χ4v) is 5.63. The number of hydrazone groups is 1. The van der Waals surface area contributed by atoms with Crippen molar-refractivity contribution in [3.63, 3.8) is 0 Å². The van der Waals surface area contributed by atoms with Gasteiger partial charge in [-0.2, -0.15) is 10.1 Å². The highest BCUT2D eigenvalue weighted by molar-refractivity contribution is 6.32. The number of rotatable bonds is 6. The molecule has 1 aromatic carbocycles. The number of hydrogen-bond donors (Lipinski definition) is 0. The maximum Gasteiger partial charge on any atom is 0.254 e. The maximum absolute atomic E-state index is 13.0. The maximum atomic E-state index is 13.0. The minimum absolute atomic E-state index is 0.0607. The topological polar surface area (TPSA) is 68.2 Å². The number of terminal acetylenes is 1. The van der Waals surface area contributed by atoms with Crippen molar-refractivity contribution in [2.24, 2.45) is 40.6 Å². The molecule has 2 saturated carbocycles. The second kappa shape index (κ2) is 7.17. The van der Waals surface area contributed by atoms with E-state index in [0.717, 1.165) is 11.4 Å². The molecule has 0 N–H and O–H groups in total. The lowest BCUT2D eigenvalue weighted by atomic mass is 9.63. The zero-order valence-electron chi connectivity index (χ0n) is 16.5. The highest BCUT2D eigenvalue weighted by Gasteiger charge is 2.67. The summed E-state index contributed by atoms with van der Waals surface area (Å²) in [7, 11) is 0. The number of nitrogens with zero attached hydrogens (tertiary/aromatic N) is 2. The highest BCUT2D eigenvalue weighted by Crippen LogP contribution is 2.65. The Labute approximate surface area is 179 Å². The number of halogens is 1. The van der Waals surface area contributed by atoms with E-state index in [1.165, 1.54) is 6.21 Å². The molecule has 0 aromatic heterocycles. The summed E-state index contributed by atoms with van der Waals surface area (Å²) in [6.07, 6.45) is 12.1. The van der Waals surface area contributed by atoms with Crippen LogP contribution in [0.2, 0.25) is 5.02 Å². The molecule has 1 heterocycles. The lowest BCUT2D eigenvalue weighted by molar-refractivity contribution is -0.140. The second-order valence-electron chi connectivity index (χ2n) is 8.14. The first-order valence-corrected chi connectivity index (χ1v) is 10.6. The van der Waals surface area contributed by atoms with E-state index >= 15 is 0 Å². The molecule has 6 nitrogen and oxygen atoms in total. The van der Waals surface area contributed by atoms with Crippen LogP contribution in [0.5, 0.6) is 11.5 Å². The number of ether oxygens (including phenoxy) is 2. The molecule has 2 bridgehead atoms. The zero-order valence-corrected chi connectivity index (χ0v) is 17.2. The summed E-state index contributed by atoms with van der Waals surface area (Å²) in [5.41, 5.74) is 0.593. The Morgan fingerprint density at radius 2 is 1.87 bits per heavy atom. The van der Waals surface area contributed by atoms with Gasteiger partial charge in [0.15, 0.2) is 11.5 Å². The molecule has 1 aliphatic heterocycles. The van der Waals surface area contributed by atoms with Crippen molar-refractivity contribution in [2.45, 2.75) is 13.3 Å². The number of hydrogen-bond acceptors (Lipinski definition) is 5. The van der Waals surface area contributed by atoms with Gasteiger partial charge in [-0.25, -0.2) is 0 Å².